The van der Waals surface area contributed by atoms with Crippen LogP contribution in [0.25, 0.3) is 0 Å². The Kier molecular flexibility index (Phi) is 2.00. The monoisotopic (exact) mass is 154 g/mol. The molecule has 1 aromatic rings. The first-order valence-electron chi connectivity index (χ1n) is 2.83. The first-order valence-corrected chi connectivity index (χ1v) is 2.83. The molecule has 0 bridgehead atoms. The second kappa shape index (κ2) is 2.96. The average Bonchev–Trinajstić information content (AvgIpc) is 2.04. The minimum Gasteiger partial charge on any atom is -0.504 e. The molecule has 11 heavy (non-hydrogen) atoms. The molecular weight excluding hydrogens is 148 g/mol. The number of aromatic hydroxyl groups is 1. The van der Waals surface area contributed by atoms with E-state index in [0.717, 1.165) is 12.5 Å². The Hall–Kier alpha value is -1.65. The largest absolute Gasteiger partial charge is 0.504 e. The fourth-order valence-electron chi connectivity index (χ4n) is 0.576. The first kappa shape index (κ1) is 7.46. The molecule has 0 spiro atoms. The van der Waals surface area contributed by atoms with Crippen molar-refractivity contribution in [3.05, 3.63) is 18.2 Å². The van der Waals surface area contributed by atoms with E-state index in [1.165, 1.54) is 7.11 Å². The lowest BCUT2D eigenvalue weighted by Gasteiger charge is -1.97. The van der Waals surface area contributed by atoms with Gasteiger partial charge >= 0.3 is 5.97 Å². The molecule has 0 unspecified atom stereocenters. The zero-order valence-electron chi connectivity index (χ0n) is 5.81. The van der Waals surface area contributed by atoms with E-state index < -0.39 is 5.97 Å². The van der Waals surface area contributed by atoms with Crippen LogP contribution in [0, 0.1) is 0 Å². The van der Waals surface area contributed by atoms with Gasteiger partial charge in [0, 0.05) is 0 Å². The third-order valence-electron chi connectivity index (χ3n) is 1.07. The van der Waals surface area contributed by atoms with E-state index in [-0.39, 0.29) is 11.4 Å². The molecule has 0 radical (unpaired) electrons. The number of hydrogen-bond donors (Lipinski definition) is 1. The summed E-state index contributed by atoms with van der Waals surface area (Å²) in [7, 11) is 1.21. The highest BCUT2D eigenvalue weighted by Crippen LogP contribution is 2.10. The molecule has 0 aromatic carbocycles. The molecule has 0 fully saturated rings. The maximum Gasteiger partial charge on any atom is 0.360 e. The van der Waals surface area contributed by atoms with Crippen molar-refractivity contribution < 1.29 is 14.6 Å². The Bertz CT molecular complexity index is 274. The molecule has 5 heteroatoms. The summed E-state index contributed by atoms with van der Waals surface area (Å²) in [5.41, 5.74) is -0.123. The summed E-state index contributed by atoms with van der Waals surface area (Å²) >= 11 is 0. The molecule has 0 amide bonds. The van der Waals surface area contributed by atoms with Gasteiger partial charge in [-0.25, -0.2) is 14.8 Å². The number of methoxy groups -OCH3 is 1. The van der Waals surface area contributed by atoms with Crippen LogP contribution in [-0.4, -0.2) is 28.2 Å². The smallest absolute Gasteiger partial charge is 0.360 e. The first-order chi connectivity index (χ1) is 5.25. The Balaban J connectivity index is 3.03. The van der Waals surface area contributed by atoms with Crippen LogP contribution in [0.1, 0.15) is 10.5 Å². The van der Waals surface area contributed by atoms with Gasteiger partial charge in [-0.05, 0) is 0 Å². The van der Waals surface area contributed by atoms with Crippen molar-refractivity contribution in [3.63, 3.8) is 0 Å². The second-order valence-electron chi connectivity index (χ2n) is 1.75. The highest BCUT2D eigenvalue weighted by Gasteiger charge is 2.11. The van der Waals surface area contributed by atoms with E-state index in [0.29, 0.717) is 0 Å². The number of hydrogen-bond acceptors (Lipinski definition) is 5. The zero-order chi connectivity index (χ0) is 8.27. The second-order valence-corrected chi connectivity index (χ2v) is 1.75. The van der Waals surface area contributed by atoms with Gasteiger partial charge < -0.3 is 9.84 Å². The van der Waals surface area contributed by atoms with Crippen molar-refractivity contribution in [2.45, 2.75) is 0 Å². The molecule has 1 heterocycles. The number of rotatable bonds is 1. The van der Waals surface area contributed by atoms with Crippen LogP contribution in [0.15, 0.2) is 12.5 Å². The van der Waals surface area contributed by atoms with Crippen LogP contribution in [0.3, 0.4) is 0 Å². The van der Waals surface area contributed by atoms with Gasteiger partial charge in [-0.1, -0.05) is 0 Å². The summed E-state index contributed by atoms with van der Waals surface area (Å²) in [6.45, 7) is 0. The van der Waals surface area contributed by atoms with Gasteiger partial charge in [0.25, 0.3) is 0 Å². The van der Waals surface area contributed by atoms with Crippen LogP contribution >= 0.6 is 0 Å². The van der Waals surface area contributed by atoms with Gasteiger partial charge in [0.2, 0.25) is 0 Å². The van der Waals surface area contributed by atoms with Crippen molar-refractivity contribution in [1.29, 1.82) is 0 Å². The number of carbonyl (C=O) groups excluding carboxylic acids is 1. The standard InChI is InChI=1S/C6H6N2O3/c1-11-6(10)5-4(9)2-7-3-8-5/h2-3,9H,1H3. The fourth-order valence-corrected chi connectivity index (χ4v) is 0.576. The van der Waals surface area contributed by atoms with Crippen LogP contribution < -0.4 is 0 Å². The molecule has 0 aliphatic carbocycles. The Morgan fingerprint density at radius 1 is 1.73 bits per heavy atom. The summed E-state index contributed by atoms with van der Waals surface area (Å²) in [6.07, 6.45) is 2.28. The summed E-state index contributed by atoms with van der Waals surface area (Å²) < 4.78 is 4.33. The Morgan fingerprint density at radius 3 is 3.00 bits per heavy atom. The van der Waals surface area contributed by atoms with Crippen molar-refractivity contribution >= 4 is 5.97 Å². The number of nitrogens with zero attached hydrogens (tertiary/aromatic N) is 2. The van der Waals surface area contributed by atoms with E-state index in [9.17, 15) is 4.79 Å². The molecule has 0 aliphatic heterocycles. The number of ether oxygens (including phenoxy) is 1. The van der Waals surface area contributed by atoms with Gasteiger partial charge in [0.1, 0.15) is 6.33 Å². The minimum atomic E-state index is -0.676. The van der Waals surface area contributed by atoms with E-state index in [1.807, 2.05) is 0 Å². The van der Waals surface area contributed by atoms with Crippen molar-refractivity contribution in [1.82, 2.24) is 9.97 Å². The van der Waals surface area contributed by atoms with E-state index in [1.54, 1.807) is 0 Å². The highest BCUT2D eigenvalue weighted by molar-refractivity contribution is 5.89. The lowest BCUT2D eigenvalue weighted by atomic mass is 10.4. The number of carbonyl (C=O) groups is 1. The van der Waals surface area contributed by atoms with Crippen LogP contribution in [-0.2, 0) is 4.74 Å². The maximum atomic E-state index is 10.8. The van der Waals surface area contributed by atoms with E-state index >= 15 is 0 Å². The SMILES string of the molecule is COC(=O)c1ncncc1O. The maximum absolute atomic E-state index is 10.8. The molecule has 0 aliphatic rings. The topological polar surface area (TPSA) is 72.3 Å². The van der Waals surface area contributed by atoms with Gasteiger partial charge in [-0.15, -0.1) is 0 Å². The van der Waals surface area contributed by atoms with Gasteiger partial charge in [-0.3, -0.25) is 0 Å². The van der Waals surface area contributed by atoms with Crippen LogP contribution in [0.4, 0.5) is 0 Å². The predicted molar refractivity (Wildman–Crippen MR) is 35.0 cm³/mol. The van der Waals surface area contributed by atoms with Crippen molar-refractivity contribution in [3.8, 4) is 5.75 Å². The van der Waals surface area contributed by atoms with Gasteiger partial charge in [0.15, 0.2) is 11.4 Å². The number of aromatic nitrogens is 2. The van der Waals surface area contributed by atoms with Gasteiger partial charge in [0.05, 0.1) is 13.3 Å². The molecule has 58 valence electrons. The molecule has 0 saturated carbocycles. The van der Waals surface area contributed by atoms with Crippen LogP contribution in [0.5, 0.6) is 5.75 Å². The third-order valence-corrected chi connectivity index (χ3v) is 1.07. The summed E-state index contributed by atoms with van der Waals surface area (Å²) in [5.74, 6) is -0.954. The quantitative estimate of drug-likeness (QED) is 0.575. The molecule has 0 saturated heterocycles. The van der Waals surface area contributed by atoms with Crippen molar-refractivity contribution in [2.24, 2.45) is 0 Å². The average molecular weight is 154 g/mol. The summed E-state index contributed by atoms with van der Waals surface area (Å²) in [5, 5.41) is 8.99. The molecule has 1 rings (SSSR count). The predicted octanol–water partition coefficient (Wildman–Crippen LogP) is -0.0312. The molecule has 5 nitrogen and oxygen atoms in total. The molecule has 1 N–H and O–H groups in total. The zero-order valence-corrected chi connectivity index (χ0v) is 5.81. The lowest BCUT2D eigenvalue weighted by Crippen LogP contribution is -2.04. The Labute approximate surface area is 62.7 Å². The van der Waals surface area contributed by atoms with E-state index in [2.05, 4.69) is 14.7 Å². The fraction of sp³-hybridized carbons (Fsp3) is 0.167. The Morgan fingerprint density at radius 2 is 2.45 bits per heavy atom. The molecule has 1 aromatic heterocycles. The van der Waals surface area contributed by atoms with E-state index in [4.69, 9.17) is 5.11 Å². The molecular formula is C6H6N2O3. The molecule has 0 atom stereocenters. The third kappa shape index (κ3) is 1.43. The highest BCUT2D eigenvalue weighted by atomic mass is 16.5. The lowest BCUT2D eigenvalue weighted by molar-refractivity contribution is 0.0590. The minimum absolute atomic E-state index is 0.123. The normalized spacial score (nSPS) is 9.18. The summed E-state index contributed by atoms with van der Waals surface area (Å²) in [4.78, 5) is 17.8. The number of esters is 1. The summed E-state index contributed by atoms with van der Waals surface area (Å²) in [6, 6.07) is 0. The van der Waals surface area contributed by atoms with Crippen molar-refractivity contribution in [2.75, 3.05) is 7.11 Å². The van der Waals surface area contributed by atoms with Crippen LogP contribution in [0.2, 0.25) is 0 Å². The van der Waals surface area contributed by atoms with Gasteiger partial charge in [-0.2, -0.15) is 0 Å².